The fourth-order valence-electron chi connectivity index (χ4n) is 1.82. The van der Waals surface area contributed by atoms with Gasteiger partial charge in [0.1, 0.15) is 11.8 Å². The first-order valence-corrected chi connectivity index (χ1v) is 6.15. The van der Waals surface area contributed by atoms with E-state index in [0.29, 0.717) is 18.2 Å². The Morgan fingerprint density at radius 1 is 1.37 bits per heavy atom. The molecule has 1 N–H and O–H groups in total. The Morgan fingerprint density at radius 3 is 2.95 bits per heavy atom. The largest absolute Gasteiger partial charge is 0.349 e. The Bertz CT molecular complexity index is 615. The standard InChI is InChI=1S/C14H15N5/c1-3-11-5-4-6-16-13(11)9-17-14-18-10(2)7-12(8-15)19-14/h4-7H,3,9H2,1-2H3,(H,17,18,19). The smallest absolute Gasteiger partial charge is 0.224 e. The van der Waals surface area contributed by atoms with Gasteiger partial charge in [-0.3, -0.25) is 4.98 Å². The minimum absolute atomic E-state index is 0.367. The lowest BCUT2D eigenvalue weighted by Gasteiger charge is -2.08. The number of nitrogens with one attached hydrogen (secondary N) is 1. The molecule has 0 aliphatic heterocycles. The van der Waals surface area contributed by atoms with Gasteiger partial charge in [0, 0.05) is 11.9 Å². The number of aryl methyl sites for hydroxylation is 2. The second-order valence-corrected chi connectivity index (χ2v) is 4.15. The summed E-state index contributed by atoms with van der Waals surface area (Å²) in [4.78, 5) is 12.7. The van der Waals surface area contributed by atoms with Gasteiger partial charge in [-0.2, -0.15) is 5.26 Å². The molecule has 0 aliphatic rings. The highest BCUT2D eigenvalue weighted by Gasteiger charge is 2.04. The van der Waals surface area contributed by atoms with Gasteiger partial charge in [0.2, 0.25) is 5.95 Å². The summed E-state index contributed by atoms with van der Waals surface area (Å²) in [7, 11) is 0. The predicted octanol–water partition coefficient (Wildman–Crippen LogP) is 2.23. The lowest BCUT2D eigenvalue weighted by Crippen LogP contribution is -2.08. The van der Waals surface area contributed by atoms with Crippen LogP contribution in [-0.4, -0.2) is 15.0 Å². The molecule has 2 heterocycles. The Hall–Kier alpha value is -2.48. The van der Waals surface area contributed by atoms with Crippen LogP contribution in [0.3, 0.4) is 0 Å². The number of rotatable bonds is 4. The second kappa shape index (κ2) is 5.91. The summed E-state index contributed by atoms with van der Waals surface area (Å²) in [6.45, 7) is 4.49. The molecule has 0 spiro atoms. The van der Waals surface area contributed by atoms with Crippen LogP contribution in [-0.2, 0) is 13.0 Å². The van der Waals surface area contributed by atoms with Gasteiger partial charge in [0.15, 0.2) is 0 Å². The summed E-state index contributed by atoms with van der Waals surface area (Å²) >= 11 is 0. The number of anilines is 1. The van der Waals surface area contributed by atoms with Crippen molar-refractivity contribution in [2.75, 3.05) is 5.32 Å². The van der Waals surface area contributed by atoms with E-state index in [4.69, 9.17) is 5.26 Å². The van der Waals surface area contributed by atoms with E-state index in [1.54, 1.807) is 12.3 Å². The highest BCUT2D eigenvalue weighted by atomic mass is 15.1. The van der Waals surface area contributed by atoms with E-state index in [0.717, 1.165) is 17.8 Å². The van der Waals surface area contributed by atoms with Gasteiger partial charge in [-0.05, 0) is 31.0 Å². The van der Waals surface area contributed by atoms with Crippen molar-refractivity contribution < 1.29 is 0 Å². The molecule has 96 valence electrons. The van der Waals surface area contributed by atoms with Crippen LogP contribution >= 0.6 is 0 Å². The van der Waals surface area contributed by atoms with E-state index >= 15 is 0 Å². The second-order valence-electron chi connectivity index (χ2n) is 4.15. The predicted molar refractivity (Wildman–Crippen MR) is 72.4 cm³/mol. The van der Waals surface area contributed by atoms with Crippen molar-refractivity contribution in [2.24, 2.45) is 0 Å². The number of nitriles is 1. The topological polar surface area (TPSA) is 74.5 Å². The van der Waals surface area contributed by atoms with Crippen LogP contribution in [0.25, 0.3) is 0 Å². The van der Waals surface area contributed by atoms with Crippen molar-refractivity contribution in [3.8, 4) is 6.07 Å². The molecule has 2 rings (SSSR count). The molecule has 19 heavy (non-hydrogen) atoms. The normalized spacial score (nSPS) is 9.95. The highest BCUT2D eigenvalue weighted by molar-refractivity contribution is 5.34. The molecule has 0 bridgehead atoms. The fourth-order valence-corrected chi connectivity index (χ4v) is 1.82. The van der Waals surface area contributed by atoms with E-state index in [-0.39, 0.29) is 0 Å². The molecule has 0 saturated carbocycles. The molecule has 0 aromatic carbocycles. The number of hydrogen-bond acceptors (Lipinski definition) is 5. The maximum absolute atomic E-state index is 8.87. The van der Waals surface area contributed by atoms with Gasteiger partial charge in [-0.25, -0.2) is 9.97 Å². The van der Waals surface area contributed by atoms with Gasteiger partial charge in [0.25, 0.3) is 0 Å². The van der Waals surface area contributed by atoms with Crippen molar-refractivity contribution in [3.63, 3.8) is 0 Å². The third kappa shape index (κ3) is 3.26. The van der Waals surface area contributed by atoms with Crippen molar-refractivity contribution in [1.82, 2.24) is 15.0 Å². The van der Waals surface area contributed by atoms with Crippen LogP contribution in [0.4, 0.5) is 5.95 Å². The first kappa shape index (κ1) is 13.0. The minimum atomic E-state index is 0.367. The third-order valence-corrected chi connectivity index (χ3v) is 2.75. The van der Waals surface area contributed by atoms with Gasteiger partial charge < -0.3 is 5.32 Å². The maximum Gasteiger partial charge on any atom is 0.224 e. The lowest BCUT2D eigenvalue weighted by molar-refractivity contribution is 0.944. The van der Waals surface area contributed by atoms with E-state index in [1.165, 1.54) is 5.56 Å². The van der Waals surface area contributed by atoms with Crippen molar-refractivity contribution >= 4 is 5.95 Å². The summed E-state index contributed by atoms with van der Waals surface area (Å²) in [6, 6.07) is 7.67. The molecule has 0 unspecified atom stereocenters. The Morgan fingerprint density at radius 2 is 2.21 bits per heavy atom. The van der Waals surface area contributed by atoms with Crippen LogP contribution in [0.5, 0.6) is 0 Å². The van der Waals surface area contributed by atoms with Crippen molar-refractivity contribution in [2.45, 2.75) is 26.8 Å². The molecule has 0 saturated heterocycles. The maximum atomic E-state index is 8.87. The average Bonchev–Trinajstić information content (AvgIpc) is 2.44. The van der Waals surface area contributed by atoms with Crippen LogP contribution in [0, 0.1) is 18.3 Å². The van der Waals surface area contributed by atoms with E-state index in [9.17, 15) is 0 Å². The number of hydrogen-bond donors (Lipinski definition) is 1. The van der Waals surface area contributed by atoms with Crippen LogP contribution < -0.4 is 5.32 Å². The molecule has 2 aromatic rings. The molecule has 2 aromatic heterocycles. The molecule has 5 nitrogen and oxygen atoms in total. The van der Waals surface area contributed by atoms with E-state index < -0.39 is 0 Å². The zero-order valence-corrected chi connectivity index (χ0v) is 11.0. The van der Waals surface area contributed by atoms with Gasteiger partial charge >= 0.3 is 0 Å². The molecule has 0 aliphatic carbocycles. The summed E-state index contributed by atoms with van der Waals surface area (Å²) in [5.74, 6) is 0.462. The first-order chi connectivity index (χ1) is 9.22. The van der Waals surface area contributed by atoms with Crippen molar-refractivity contribution in [1.29, 1.82) is 5.26 Å². The fraction of sp³-hybridized carbons (Fsp3) is 0.286. The summed E-state index contributed by atoms with van der Waals surface area (Å²) < 4.78 is 0. The summed E-state index contributed by atoms with van der Waals surface area (Å²) in [5.41, 5.74) is 3.31. The van der Waals surface area contributed by atoms with Crippen molar-refractivity contribution in [3.05, 3.63) is 47.0 Å². The minimum Gasteiger partial charge on any atom is -0.349 e. The quantitative estimate of drug-likeness (QED) is 0.904. The zero-order valence-electron chi connectivity index (χ0n) is 11.0. The summed E-state index contributed by atoms with van der Waals surface area (Å²) in [6.07, 6.45) is 2.71. The van der Waals surface area contributed by atoms with E-state index in [1.807, 2.05) is 19.1 Å². The number of pyridine rings is 1. The molecule has 0 amide bonds. The van der Waals surface area contributed by atoms with E-state index in [2.05, 4.69) is 33.3 Å². The number of nitrogens with zero attached hydrogens (tertiary/aromatic N) is 4. The van der Waals surface area contributed by atoms with Gasteiger partial charge in [-0.15, -0.1) is 0 Å². The molecule has 0 fully saturated rings. The zero-order chi connectivity index (χ0) is 13.7. The molecular formula is C14H15N5. The molecule has 0 radical (unpaired) electrons. The molecule has 0 atom stereocenters. The van der Waals surface area contributed by atoms with Crippen LogP contribution in [0.2, 0.25) is 0 Å². The Kier molecular flexibility index (Phi) is 4.04. The molecular weight excluding hydrogens is 238 g/mol. The monoisotopic (exact) mass is 253 g/mol. The highest BCUT2D eigenvalue weighted by Crippen LogP contribution is 2.09. The van der Waals surface area contributed by atoms with Gasteiger partial charge in [-0.1, -0.05) is 13.0 Å². The SMILES string of the molecule is CCc1cccnc1CNc1nc(C)cc(C#N)n1. The first-order valence-electron chi connectivity index (χ1n) is 6.15. The van der Waals surface area contributed by atoms with Gasteiger partial charge in [0.05, 0.1) is 12.2 Å². The lowest BCUT2D eigenvalue weighted by atomic mass is 10.1. The van der Waals surface area contributed by atoms with Crippen LogP contribution in [0.1, 0.15) is 29.6 Å². The van der Waals surface area contributed by atoms with Crippen LogP contribution in [0.15, 0.2) is 24.4 Å². The Labute approximate surface area is 112 Å². The summed E-state index contributed by atoms with van der Waals surface area (Å²) in [5, 5.41) is 12.0. The number of aromatic nitrogens is 3. The Balaban J connectivity index is 2.15. The third-order valence-electron chi connectivity index (χ3n) is 2.75. The molecule has 5 heteroatoms. The average molecular weight is 253 g/mol.